The highest BCUT2D eigenvalue weighted by atomic mass is 16.5. The Balaban J connectivity index is 1.69. The van der Waals surface area contributed by atoms with Gasteiger partial charge in [0.05, 0.1) is 12.7 Å². The second-order valence-electron chi connectivity index (χ2n) is 5.35. The van der Waals surface area contributed by atoms with Gasteiger partial charge in [0.25, 0.3) is 0 Å². The normalized spacial score (nSPS) is 18.2. The number of β-amino-alcohol motifs (C(OH)–C–C–N with tert-alkyl or cyclic N) is 1. The van der Waals surface area contributed by atoms with E-state index in [1.807, 2.05) is 6.07 Å². The third-order valence-electron chi connectivity index (χ3n) is 3.62. The van der Waals surface area contributed by atoms with Crippen molar-refractivity contribution in [3.63, 3.8) is 0 Å². The molecule has 0 spiro atoms. The van der Waals surface area contributed by atoms with Gasteiger partial charge in [0.15, 0.2) is 0 Å². The van der Waals surface area contributed by atoms with Gasteiger partial charge in [-0.2, -0.15) is 0 Å². The molecule has 112 valence electrons. The lowest BCUT2D eigenvalue weighted by Crippen LogP contribution is -2.49. The van der Waals surface area contributed by atoms with E-state index in [9.17, 15) is 5.11 Å². The van der Waals surface area contributed by atoms with E-state index in [4.69, 9.17) is 4.74 Å². The van der Waals surface area contributed by atoms with E-state index < -0.39 is 0 Å². The molecule has 4 nitrogen and oxygen atoms in total. The molecule has 4 heteroatoms. The van der Waals surface area contributed by atoms with Crippen LogP contribution in [-0.4, -0.2) is 62.0 Å². The van der Waals surface area contributed by atoms with Crippen molar-refractivity contribution in [2.45, 2.75) is 19.4 Å². The summed E-state index contributed by atoms with van der Waals surface area (Å²) in [5.74, 6) is 0. The van der Waals surface area contributed by atoms with Crippen LogP contribution < -0.4 is 4.90 Å². The van der Waals surface area contributed by atoms with Crippen molar-refractivity contribution in [1.29, 1.82) is 0 Å². The molecule has 0 saturated carbocycles. The van der Waals surface area contributed by atoms with Gasteiger partial charge < -0.3 is 14.7 Å². The Morgan fingerprint density at radius 2 is 1.85 bits per heavy atom. The summed E-state index contributed by atoms with van der Waals surface area (Å²) in [5, 5.41) is 9.93. The molecule has 1 N–H and O–H groups in total. The fourth-order valence-corrected chi connectivity index (χ4v) is 2.54. The Hall–Kier alpha value is -1.10. The van der Waals surface area contributed by atoms with E-state index >= 15 is 0 Å². The molecule has 1 aliphatic heterocycles. The summed E-state index contributed by atoms with van der Waals surface area (Å²) in [6.45, 7) is 8.02. The van der Waals surface area contributed by atoms with E-state index in [1.165, 1.54) is 5.69 Å². The largest absolute Gasteiger partial charge is 0.389 e. The van der Waals surface area contributed by atoms with Gasteiger partial charge in [-0.05, 0) is 18.6 Å². The molecular formula is C16H26N2O2. The summed E-state index contributed by atoms with van der Waals surface area (Å²) in [7, 11) is 0. The van der Waals surface area contributed by atoms with Gasteiger partial charge in [0.2, 0.25) is 0 Å². The highest BCUT2D eigenvalue weighted by molar-refractivity contribution is 5.46. The Morgan fingerprint density at radius 1 is 1.15 bits per heavy atom. The van der Waals surface area contributed by atoms with Crippen molar-refractivity contribution < 1.29 is 9.84 Å². The number of nitrogens with zero attached hydrogens (tertiary/aromatic N) is 2. The molecule has 0 amide bonds. The van der Waals surface area contributed by atoms with Crippen molar-refractivity contribution in [1.82, 2.24) is 4.90 Å². The monoisotopic (exact) mass is 278 g/mol. The van der Waals surface area contributed by atoms with Crippen molar-refractivity contribution in [2.24, 2.45) is 0 Å². The molecule has 2 rings (SSSR count). The van der Waals surface area contributed by atoms with Gasteiger partial charge >= 0.3 is 0 Å². The van der Waals surface area contributed by atoms with E-state index in [1.54, 1.807) is 0 Å². The Labute approximate surface area is 122 Å². The molecule has 0 bridgehead atoms. The second-order valence-corrected chi connectivity index (χ2v) is 5.35. The first-order valence-electron chi connectivity index (χ1n) is 7.57. The SMILES string of the molecule is CCCOC[C@@H](O)CN1CCN(c2ccccc2)CC1. The molecular weight excluding hydrogens is 252 g/mol. The van der Waals surface area contributed by atoms with Crippen molar-refractivity contribution in [2.75, 3.05) is 50.8 Å². The minimum Gasteiger partial charge on any atom is -0.389 e. The molecule has 1 saturated heterocycles. The summed E-state index contributed by atoms with van der Waals surface area (Å²) < 4.78 is 5.39. The second kappa shape index (κ2) is 8.25. The lowest BCUT2D eigenvalue weighted by molar-refractivity contribution is 0.0160. The van der Waals surface area contributed by atoms with Gasteiger partial charge in [-0.1, -0.05) is 25.1 Å². The Kier molecular flexibility index (Phi) is 6.30. The highest BCUT2D eigenvalue weighted by Gasteiger charge is 2.19. The molecule has 1 atom stereocenters. The average molecular weight is 278 g/mol. The minimum atomic E-state index is -0.371. The topological polar surface area (TPSA) is 35.9 Å². The minimum absolute atomic E-state index is 0.371. The molecule has 1 heterocycles. The maximum absolute atomic E-state index is 9.93. The maximum atomic E-state index is 9.93. The Bertz CT molecular complexity index is 364. The molecule has 0 aliphatic carbocycles. The number of piperazine rings is 1. The predicted molar refractivity (Wildman–Crippen MR) is 82.2 cm³/mol. The number of hydrogen-bond acceptors (Lipinski definition) is 4. The van der Waals surface area contributed by atoms with Crippen LogP contribution in [0.4, 0.5) is 5.69 Å². The summed E-state index contributed by atoms with van der Waals surface area (Å²) in [6, 6.07) is 10.5. The average Bonchev–Trinajstić information content (AvgIpc) is 2.49. The first-order chi connectivity index (χ1) is 9.79. The first kappa shape index (κ1) is 15.3. The summed E-state index contributed by atoms with van der Waals surface area (Å²) in [4.78, 5) is 4.72. The molecule has 1 aromatic carbocycles. The van der Waals surface area contributed by atoms with E-state index in [0.717, 1.165) is 39.2 Å². The Morgan fingerprint density at radius 3 is 2.50 bits per heavy atom. The fraction of sp³-hybridized carbons (Fsp3) is 0.625. The van der Waals surface area contributed by atoms with Crippen LogP contribution in [0, 0.1) is 0 Å². The number of hydrogen-bond donors (Lipinski definition) is 1. The van der Waals surface area contributed by atoms with Gasteiger partial charge in [-0.15, -0.1) is 0 Å². The fourth-order valence-electron chi connectivity index (χ4n) is 2.54. The van der Waals surface area contributed by atoms with Crippen LogP contribution in [0.3, 0.4) is 0 Å². The molecule has 1 aromatic rings. The van der Waals surface area contributed by atoms with E-state index in [-0.39, 0.29) is 6.10 Å². The number of benzene rings is 1. The number of ether oxygens (including phenoxy) is 1. The molecule has 20 heavy (non-hydrogen) atoms. The summed E-state index contributed by atoms with van der Waals surface area (Å²) in [5.41, 5.74) is 1.29. The number of para-hydroxylation sites is 1. The lowest BCUT2D eigenvalue weighted by Gasteiger charge is -2.36. The zero-order valence-corrected chi connectivity index (χ0v) is 12.4. The number of rotatable bonds is 7. The van der Waals surface area contributed by atoms with Crippen molar-refractivity contribution in [3.05, 3.63) is 30.3 Å². The molecule has 0 aromatic heterocycles. The molecule has 0 radical (unpaired) electrons. The third kappa shape index (κ3) is 4.78. The van der Waals surface area contributed by atoms with Crippen LogP contribution in [-0.2, 0) is 4.74 Å². The molecule has 1 aliphatic rings. The van der Waals surface area contributed by atoms with Crippen molar-refractivity contribution >= 4 is 5.69 Å². The summed E-state index contributed by atoms with van der Waals surface area (Å²) in [6.07, 6.45) is 0.632. The first-order valence-corrected chi connectivity index (χ1v) is 7.57. The van der Waals surface area contributed by atoms with Crippen LogP contribution in [0.1, 0.15) is 13.3 Å². The van der Waals surface area contributed by atoms with Gasteiger partial charge in [0.1, 0.15) is 0 Å². The highest BCUT2D eigenvalue weighted by Crippen LogP contribution is 2.15. The number of anilines is 1. The van der Waals surface area contributed by atoms with E-state index in [2.05, 4.69) is 41.0 Å². The predicted octanol–water partition coefficient (Wildman–Crippen LogP) is 1.60. The van der Waals surface area contributed by atoms with Gasteiger partial charge in [-0.25, -0.2) is 0 Å². The van der Waals surface area contributed by atoms with Crippen molar-refractivity contribution in [3.8, 4) is 0 Å². The quantitative estimate of drug-likeness (QED) is 0.769. The van der Waals surface area contributed by atoms with Crippen LogP contribution in [0.25, 0.3) is 0 Å². The smallest absolute Gasteiger partial charge is 0.0900 e. The summed E-state index contributed by atoms with van der Waals surface area (Å²) >= 11 is 0. The molecule has 1 fully saturated rings. The number of aliphatic hydroxyl groups excluding tert-OH is 1. The van der Waals surface area contributed by atoms with E-state index in [0.29, 0.717) is 13.2 Å². The maximum Gasteiger partial charge on any atom is 0.0900 e. The van der Waals surface area contributed by atoms with Crippen LogP contribution in [0.2, 0.25) is 0 Å². The van der Waals surface area contributed by atoms with Crippen LogP contribution in [0.5, 0.6) is 0 Å². The number of aliphatic hydroxyl groups is 1. The standard InChI is InChI=1S/C16H26N2O2/c1-2-12-20-14-16(19)13-17-8-10-18(11-9-17)15-6-4-3-5-7-15/h3-7,16,19H,2,8-14H2,1H3/t16-/m0/s1. The zero-order valence-electron chi connectivity index (χ0n) is 12.4. The van der Waals surface area contributed by atoms with Crippen LogP contribution >= 0.6 is 0 Å². The van der Waals surface area contributed by atoms with Gasteiger partial charge in [0, 0.05) is 45.0 Å². The molecule has 0 unspecified atom stereocenters. The lowest BCUT2D eigenvalue weighted by atomic mass is 10.2. The van der Waals surface area contributed by atoms with Crippen LogP contribution in [0.15, 0.2) is 30.3 Å². The zero-order chi connectivity index (χ0) is 14.2. The third-order valence-corrected chi connectivity index (χ3v) is 3.62. The van der Waals surface area contributed by atoms with Gasteiger partial charge in [-0.3, -0.25) is 4.90 Å².